The Morgan fingerprint density at radius 3 is 2.82 bits per heavy atom. The number of ether oxygens (including phenoxy) is 1. The number of rotatable bonds is 6. The van der Waals surface area contributed by atoms with Crippen LogP contribution in [0.25, 0.3) is 11.4 Å². The lowest BCUT2D eigenvalue weighted by atomic mass is 10.1. The number of benzene rings is 1. The van der Waals surface area contributed by atoms with Gasteiger partial charge in [-0.25, -0.2) is 4.98 Å². The van der Waals surface area contributed by atoms with Crippen LogP contribution in [0.1, 0.15) is 30.3 Å². The lowest BCUT2D eigenvalue weighted by molar-refractivity contribution is 0.199. The van der Waals surface area contributed by atoms with Crippen LogP contribution < -0.4 is 9.64 Å². The molecule has 0 N–H and O–H groups in total. The summed E-state index contributed by atoms with van der Waals surface area (Å²) in [5.41, 5.74) is 2.02. The predicted octanol–water partition coefficient (Wildman–Crippen LogP) is 3.54. The Morgan fingerprint density at radius 1 is 1.21 bits per heavy atom. The average Bonchev–Trinajstić information content (AvgIpc) is 3.38. The molecular formula is C21H25N5O2. The summed E-state index contributed by atoms with van der Waals surface area (Å²) in [7, 11) is 5.63. The second kappa shape index (κ2) is 7.98. The number of methoxy groups -OCH3 is 1. The first kappa shape index (κ1) is 18.4. The lowest BCUT2D eigenvalue weighted by Gasteiger charge is -2.22. The fraction of sp³-hybridized carbons (Fsp3) is 0.381. The molecule has 0 spiro atoms. The van der Waals surface area contributed by atoms with E-state index in [0.29, 0.717) is 11.7 Å². The van der Waals surface area contributed by atoms with E-state index in [9.17, 15) is 0 Å². The van der Waals surface area contributed by atoms with Crippen molar-refractivity contribution in [1.29, 1.82) is 0 Å². The standard InChI is InChI=1S/C21H25N5O2/c1-25(2)19-11-10-15(13-22-19)20-23-21(28-24-20)17-8-6-12-26(17)14-16-7-4-5-9-18(16)27-3/h4-5,7,9-11,13,17H,6,8,12,14H2,1-3H3. The first-order chi connectivity index (χ1) is 13.7. The highest BCUT2D eigenvalue weighted by Crippen LogP contribution is 2.34. The number of likely N-dealkylation sites (tertiary alicyclic amines) is 1. The summed E-state index contributed by atoms with van der Waals surface area (Å²) in [5.74, 6) is 3.05. The first-order valence-electron chi connectivity index (χ1n) is 9.49. The lowest BCUT2D eigenvalue weighted by Crippen LogP contribution is -2.23. The van der Waals surface area contributed by atoms with Crippen LogP contribution in [0.4, 0.5) is 5.82 Å². The minimum absolute atomic E-state index is 0.125. The van der Waals surface area contributed by atoms with Crippen LogP contribution in [0.5, 0.6) is 5.75 Å². The molecular weight excluding hydrogens is 354 g/mol. The molecule has 1 unspecified atom stereocenters. The first-order valence-corrected chi connectivity index (χ1v) is 9.49. The van der Waals surface area contributed by atoms with E-state index in [0.717, 1.165) is 43.1 Å². The van der Waals surface area contributed by atoms with Gasteiger partial charge in [-0.15, -0.1) is 0 Å². The van der Waals surface area contributed by atoms with Gasteiger partial charge in [0.1, 0.15) is 11.6 Å². The third-order valence-electron chi connectivity index (χ3n) is 5.12. The quantitative estimate of drug-likeness (QED) is 0.649. The van der Waals surface area contributed by atoms with Gasteiger partial charge in [0.15, 0.2) is 0 Å². The molecule has 7 nitrogen and oxygen atoms in total. The van der Waals surface area contributed by atoms with E-state index in [1.165, 1.54) is 5.56 Å². The van der Waals surface area contributed by atoms with Crippen LogP contribution in [0.2, 0.25) is 0 Å². The van der Waals surface area contributed by atoms with Gasteiger partial charge in [0.25, 0.3) is 0 Å². The average molecular weight is 379 g/mol. The summed E-state index contributed by atoms with van der Waals surface area (Å²) in [5, 5.41) is 4.19. The molecule has 1 aromatic carbocycles. The molecule has 0 amide bonds. The largest absolute Gasteiger partial charge is 0.496 e. The number of hydrogen-bond donors (Lipinski definition) is 0. The summed E-state index contributed by atoms with van der Waals surface area (Å²) in [6.07, 6.45) is 3.90. The molecule has 0 aliphatic carbocycles. The molecule has 2 aromatic heterocycles. The van der Waals surface area contributed by atoms with Crippen molar-refractivity contribution in [3.8, 4) is 17.1 Å². The molecule has 3 heterocycles. The maximum absolute atomic E-state index is 5.63. The molecule has 146 valence electrons. The van der Waals surface area contributed by atoms with Gasteiger partial charge in [0.05, 0.1) is 13.2 Å². The van der Waals surface area contributed by atoms with E-state index >= 15 is 0 Å². The summed E-state index contributed by atoms with van der Waals surface area (Å²) < 4.78 is 11.1. The molecule has 1 atom stereocenters. The highest BCUT2D eigenvalue weighted by atomic mass is 16.5. The fourth-order valence-corrected chi connectivity index (χ4v) is 3.62. The Labute approximate surface area is 164 Å². The molecule has 1 saturated heterocycles. The van der Waals surface area contributed by atoms with Crippen molar-refractivity contribution in [2.45, 2.75) is 25.4 Å². The van der Waals surface area contributed by atoms with Gasteiger partial charge in [0, 0.05) is 38.0 Å². The molecule has 4 rings (SSSR count). The Hall–Kier alpha value is -2.93. The Kier molecular flexibility index (Phi) is 5.25. The molecule has 0 saturated carbocycles. The number of para-hydroxylation sites is 1. The van der Waals surface area contributed by atoms with Gasteiger partial charge >= 0.3 is 0 Å². The zero-order valence-electron chi connectivity index (χ0n) is 16.5. The topological polar surface area (TPSA) is 67.5 Å². The van der Waals surface area contributed by atoms with Gasteiger partial charge in [-0.1, -0.05) is 23.4 Å². The molecule has 0 bridgehead atoms. The van der Waals surface area contributed by atoms with Crippen molar-refractivity contribution in [2.24, 2.45) is 0 Å². The Morgan fingerprint density at radius 2 is 2.07 bits per heavy atom. The zero-order chi connectivity index (χ0) is 19.5. The van der Waals surface area contributed by atoms with E-state index in [-0.39, 0.29) is 6.04 Å². The fourth-order valence-electron chi connectivity index (χ4n) is 3.62. The molecule has 1 aliphatic rings. The minimum atomic E-state index is 0.125. The number of nitrogens with zero attached hydrogens (tertiary/aromatic N) is 5. The van der Waals surface area contributed by atoms with Crippen molar-refractivity contribution in [1.82, 2.24) is 20.0 Å². The van der Waals surface area contributed by atoms with Crippen molar-refractivity contribution < 1.29 is 9.26 Å². The number of pyridine rings is 1. The molecule has 28 heavy (non-hydrogen) atoms. The molecule has 1 fully saturated rings. The summed E-state index contributed by atoms with van der Waals surface area (Å²) in [4.78, 5) is 13.4. The zero-order valence-corrected chi connectivity index (χ0v) is 16.5. The normalized spacial score (nSPS) is 17.0. The number of anilines is 1. The van der Waals surface area contributed by atoms with Crippen molar-refractivity contribution in [2.75, 3.05) is 32.6 Å². The van der Waals surface area contributed by atoms with Crippen LogP contribution >= 0.6 is 0 Å². The van der Waals surface area contributed by atoms with Gasteiger partial charge < -0.3 is 14.2 Å². The third kappa shape index (κ3) is 3.71. The Bertz CT molecular complexity index is 923. The highest BCUT2D eigenvalue weighted by molar-refractivity contribution is 5.55. The summed E-state index contributed by atoms with van der Waals surface area (Å²) in [6, 6.07) is 12.2. The second-order valence-electron chi connectivity index (χ2n) is 7.20. The van der Waals surface area contributed by atoms with E-state index < -0.39 is 0 Å². The van der Waals surface area contributed by atoms with Gasteiger partial charge in [-0.3, -0.25) is 4.90 Å². The van der Waals surface area contributed by atoms with Crippen LogP contribution in [-0.4, -0.2) is 47.8 Å². The van der Waals surface area contributed by atoms with Crippen molar-refractivity contribution in [3.63, 3.8) is 0 Å². The van der Waals surface area contributed by atoms with E-state index in [2.05, 4.69) is 26.1 Å². The highest BCUT2D eigenvalue weighted by Gasteiger charge is 2.31. The summed E-state index contributed by atoms with van der Waals surface area (Å²) in [6.45, 7) is 1.80. The van der Waals surface area contributed by atoms with Crippen molar-refractivity contribution >= 4 is 5.82 Å². The molecule has 1 aliphatic heterocycles. The monoisotopic (exact) mass is 379 g/mol. The third-order valence-corrected chi connectivity index (χ3v) is 5.12. The van der Waals surface area contributed by atoms with E-state index in [4.69, 9.17) is 9.26 Å². The predicted molar refractivity (Wildman–Crippen MR) is 107 cm³/mol. The molecule has 7 heteroatoms. The SMILES string of the molecule is COc1ccccc1CN1CCCC1c1nc(-c2ccc(N(C)C)nc2)no1. The van der Waals surface area contributed by atoms with E-state index in [1.807, 2.05) is 49.3 Å². The van der Waals surface area contributed by atoms with E-state index in [1.54, 1.807) is 13.3 Å². The summed E-state index contributed by atoms with van der Waals surface area (Å²) >= 11 is 0. The molecule has 3 aromatic rings. The second-order valence-corrected chi connectivity index (χ2v) is 7.20. The maximum atomic E-state index is 5.63. The Balaban J connectivity index is 1.52. The molecule has 0 radical (unpaired) electrons. The maximum Gasteiger partial charge on any atom is 0.244 e. The van der Waals surface area contributed by atoms with Gasteiger partial charge in [-0.05, 0) is 37.6 Å². The van der Waals surface area contributed by atoms with Crippen molar-refractivity contribution in [3.05, 3.63) is 54.0 Å². The van der Waals surface area contributed by atoms with Crippen LogP contribution in [0.15, 0.2) is 47.1 Å². The van der Waals surface area contributed by atoms with Gasteiger partial charge in [0.2, 0.25) is 11.7 Å². The van der Waals surface area contributed by atoms with Crippen LogP contribution in [-0.2, 0) is 6.54 Å². The van der Waals surface area contributed by atoms with Gasteiger partial charge in [-0.2, -0.15) is 4.98 Å². The van der Waals surface area contributed by atoms with Crippen LogP contribution in [0.3, 0.4) is 0 Å². The number of aromatic nitrogens is 3. The number of hydrogen-bond acceptors (Lipinski definition) is 7. The van der Waals surface area contributed by atoms with Crippen LogP contribution in [0, 0.1) is 0 Å². The smallest absolute Gasteiger partial charge is 0.244 e. The minimum Gasteiger partial charge on any atom is -0.496 e.